The Morgan fingerprint density at radius 2 is 1.56 bits per heavy atom. The first-order valence-electron chi connectivity index (χ1n) is 10.6. The number of hydrogen-bond donors (Lipinski definition) is 1. The molecule has 0 atom stereocenters. The van der Waals surface area contributed by atoms with Crippen LogP contribution < -0.4 is 5.32 Å². The number of halogens is 1. The first kappa shape index (κ1) is 23.9. The van der Waals surface area contributed by atoms with Crippen molar-refractivity contribution >= 4 is 21.9 Å². The molecule has 0 bridgehead atoms. The molecular weight excluding hydrogens is 435 g/mol. The number of carbonyl (C=O) groups excluding carboxylic acids is 2. The van der Waals surface area contributed by atoms with Crippen LogP contribution in [0.5, 0.6) is 0 Å². The average molecular weight is 463 g/mol. The molecule has 32 heavy (non-hydrogen) atoms. The van der Waals surface area contributed by atoms with Crippen molar-refractivity contribution in [3.63, 3.8) is 0 Å². The summed E-state index contributed by atoms with van der Waals surface area (Å²) in [7, 11) is -3.59. The molecule has 1 N–H and O–H groups in total. The first-order chi connectivity index (χ1) is 15.4. The standard InChI is InChI=1S/C23H27FN2O5S/c24-20-9-5-18(6-10-20)13-14-25-22(27)17-31-23(28)19-7-11-21(12-8-19)32(29,30)26-15-3-1-2-4-16-26/h5-12H,1-4,13-17H2,(H,25,27). The molecule has 1 aliphatic heterocycles. The van der Waals surface area contributed by atoms with Gasteiger partial charge in [-0.25, -0.2) is 17.6 Å². The molecule has 2 aromatic rings. The highest BCUT2D eigenvalue weighted by Gasteiger charge is 2.25. The van der Waals surface area contributed by atoms with Crippen LogP contribution in [0.15, 0.2) is 53.4 Å². The summed E-state index contributed by atoms with van der Waals surface area (Å²) in [5, 5.41) is 2.63. The number of hydrogen-bond acceptors (Lipinski definition) is 5. The van der Waals surface area contributed by atoms with Gasteiger partial charge in [0.1, 0.15) is 5.82 Å². The van der Waals surface area contributed by atoms with Crippen molar-refractivity contribution < 1.29 is 27.1 Å². The summed E-state index contributed by atoms with van der Waals surface area (Å²) in [5.74, 6) is -1.49. The Morgan fingerprint density at radius 3 is 2.19 bits per heavy atom. The van der Waals surface area contributed by atoms with Crippen molar-refractivity contribution in [1.29, 1.82) is 0 Å². The van der Waals surface area contributed by atoms with Crippen molar-refractivity contribution in [2.75, 3.05) is 26.2 Å². The predicted molar refractivity (Wildman–Crippen MR) is 117 cm³/mol. The number of rotatable bonds is 8. The highest BCUT2D eigenvalue weighted by Crippen LogP contribution is 2.20. The van der Waals surface area contributed by atoms with Crippen molar-refractivity contribution in [3.05, 3.63) is 65.5 Å². The van der Waals surface area contributed by atoms with Crippen LogP contribution in [0, 0.1) is 5.82 Å². The Hall–Kier alpha value is -2.78. The van der Waals surface area contributed by atoms with Gasteiger partial charge in [-0.05, 0) is 61.2 Å². The summed E-state index contributed by atoms with van der Waals surface area (Å²) < 4.78 is 45.0. The zero-order valence-corrected chi connectivity index (χ0v) is 18.6. The van der Waals surface area contributed by atoms with Crippen LogP contribution in [0.2, 0.25) is 0 Å². The normalized spacial score (nSPS) is 15.0. The van der Waals surface area contributed by atoms with Gasteiger partial charge >= 0.3 is 5.97 Å². The maximum Gasteiger partial charge on any atom is 0.338 e. The number of esters is 1. The number of sulfonamides is 1. The molecule has 2 aromatic carbocycles. The third-order valence-electron chi connectivity index (χ3n) is 5.28. The van der Waals surface area contributed by atoms with E-state index >= 15 is 0 Å². The van der Waals surface area contributed by atoms with Gasteiger partial charge < -0.3 is 10.1 Å². The molecule has 1 heterocycles. The second-order valence-electron chi connectivity index (χ2n) is 7.65. The molecule has 0 aromatic heterocycles. The summed E-state index contributed by atoms with van der Waals surface area (Å²) in [6, 6.07) is 11.5. The number of benzene rings is 2. The molecule has 0 saturated carbocycles. The lowest BCUT2D eigenvalue weighted by molar-refractivity contribution is -0.124. The minimum Gasteiger partial charge on any atom is -0.452 e. The molecule has 0 unspecified atom stereocenters. The molecule has 1 fully saturated rings. The van der Waals surface area contributed by atoms with Gasteiger partial charge in [0.15, 0.2) is 6.61 Å². The van der Waals surface area contributed by atoms with Crippen LogP contribution in [0.3, 0.4) is 0 Å². The van der Waals surface area contributed by atoms with E-state index in [4.69, 9.17) is 4.74 Å². The van der Waals surface area contributed by atoms with Gasteiger partial charge in [-0.15, -0.1) is 0 Å². The quantitative estimate of drug-likeness (QED) is 0.609. The number of carbonyl (C=O) groups is 2. The molecular formula is C23H27FN2O5S. The summed E-state index contributed by atoms with van der Waals surface area (Å²) in [4.78, 5) is 24.2. The van der Waals surface area contributed by atoms with Crippen LogP contribution in [0.25, 0.3) is 0 Å². The highest BCUT2D eigenvalue weighted by molar-refractivity contribution is 7.89. The lowest BCUT2D eigenvalue weighted by Crippen LogP contribution is -2.32. The van der Waals surface area contributed by atoms with Gasteiger partial charge in [0, 0.05) is 19.6 Å². The van der Waals surface area contributed by atoms with E-state index in [0.717, 1.165) is 31.2 Å². The molecule has 3 rings (SSSR count). The van der Waals surface area contributed by atoms with Gasteiger partial charge in [-0.2, -0.15) is 4.31 Å². The molecule has 1 saturated heterocycles. The predicted octanol–water partition coefficient (Wildman–Crippen LogP) is 2.91. The van der Waals surface area contributed by atoms with E-state index in [2.05, 4.69) is 5.32 Å². The van der Waals surface area contributed by atoms with E-state index in [1.807, 2.05) is 0 Å². The topological polar surface area (TPSA) is 92.8 Å². The lowest BCUT2D eigenvalue weighted by Gasteiger charge is -2.19. The SMILES string of the molecule is O=C(COC(=O)c1ccc(S(=O)(=O)N2CCCCCC2)cc1)NCCc1ccc(F)cc1. The van der Waals surface area contributed by atoms with Gasteiger partial charge in [-0.3, -0.25) is 4.79 Å². The summed E-state index contributed by atoms with van der Waals surface area (Å²) in [6.45, 7) is 0.881. The maximum absolute atomic E-state index is 12.9. The van der Waals surface area contributed by atoms with E-state index in [9.17, 15) is 22.4 Å². The van der Waals surface area contributed by atoms with E-state index < -0.39 is 28.5 Å². The highest BCUT2D eigenvalue weighted by atomic mass is 32.2. The Morgan fingerprint density at radius 1 is 0.938 bits per heavy atom. The van der Waals surface area contributed by atoms with Crippen LogP contribution in [-0.2, 0) is 26.0 Å². The molecule has 0 aliphatic carbocycles. The largest absolute Gasteiger partial charge is 0.452 e. The second kappa shape index (κ2) is 11.2. The second-order valence-corrected chi connectivity index (χ2v) is 9.58. The van der Waals surface area contributed by atoms with Crippen molar-refractivity contribution in [1.82, 2.24) is 9.62 Å². The van der Waals surface area contributed by atoms with Crippen LogP contribution >= 0.6 is 0 Å². The molecule has 1 amide bonds. The zero-order valence-electron chi connectivity index (χ0n) is 17.8. The molecule has 0 radical (unpaired) electrons. The first-order valence-corrected chi connectivity index (χ1v) is 12.1. The number of ether oxygens (including phenoxy) is 1. The van der Waals surface area contributed by atoms with Crippen molar-refractivity contribution in [2.45, 2.75) is 37.0 Å². The summed E-state index contributed by atoms with van der Waals surface area (Å²) in [6.07, 6.45) is 4.26. The number of amides is 1. The molecule has 1 aliphatic rings. The van der Waals surface area contributed by atoms with Crippen LogP contribution in [-0.4, -0.2) is 50.8 Å². The third kappa shape index (κ3) is 6.61. The van der Waals surface area contributed by atoms with E-state index in [1.54, 1.807) is 12.1 Å². The molecule has 9 heteroatoms. The number of nitrogens with one attached hydrogen (secondary N) is 1. The molecule has 7 nitrogen and oxygen atoms in total. The van der Waals surface area contributed by atoms with Gasteiger partial charge in [0.25, 0.3) is 5.91 Å². The Kier molecular flexibility index (Phi) is 8.35. The lowest BCUT2D eigenvalue weighted by atomic mass is 10.1. The Bertz CT molecular complexity index is 1020. The monoisotopic (exact) mass is 462 g/mol. The average Bonchev–Trinajstić information content (AvgIpc) is 3.09. The fraction of sp³-hybridized carbons (Fsp3) is 0.391. The van der Waals surface area contributed by atoms with E-state index in [-0.39, 0.29) is 16.3 Å². The van der Waals surface area contributed by atoms with E-state index in [0.29, 0.717) is 26.1 Å². The number of nitrogens with zero attached hydrogens (tertiary/aromatic N) is 1. The minimum atomic E-state index is -3.59. The fourth-order valence-electron chi connectivity index (χ4n) is 3.46. The Balaban J connectivity index is 1.46. The zero-order chi connectivity index (χ0) is 23.0. The Labute approximate surface area is 187 Å². The smallest absolute Gasteiger partial charge is 0.338 e. The fourth-order valence-corrected chi connectivity index (χ4v) is 4.97. The minimum absolute atomic E-state index is 0.134. The van der Waals surface area contributed by atoms with Gasteiger partial charge in [0.05, 0.1) is 10.5 Å². The van der Waals surface area contributed by atoms with E-state index in [1.165, 1.54) is 40.7 Å². The summed E-state index contributed by atoms with van der Waals surface area (Å²) in [5.41, 5.74) is 1.04. The summed E-state index contributed by atoms with van der Waals surface area (Å²) >= 11 is 0. The van der Waals surface area contributed by atoms with Crippen LogP contribution in [0.4, 0.5) is 4.39 Å². The van der Waals surface area contributed by atoms with Crippen molar-refractivity contribution in [2.24, 2.45) is 0 Å². The molecule has 0 spiro atoms. The van der Waals surface area contributed by atoms with Crippen molar-refractivity contribution in [3.8, 4) is 0 Å². The third-order valence-corrected chi connectivity index (χ3v) is 7.19. The molecule has 172 valence electrons. The van der Waals surface area contributed by atoms with Gasteiger partial charge in [0.2, 0.25) is 10.0 Å². The van der Waals surface area contributed by atoms with Crippen LogP contribution in [0.1, 0.15) is 41.6 Å². The van der Waals surface area contributed by atoms with Gasteiger partial charge in [-0.1, -0.05) is 25.0 Å². The maximum atomic E-state index is 12.9.